The Hall–Kier alpha value is -2.54. The molecule has 0 aliphatic carbocycles. The number of nitrogens with zero attached hydrogens (tertiary/aromatic N) is 1. The Morgan fingerprint density at radius 3 is 2.61 bits per heavy atom. The average molecular weight is 335 g/mol. The number of fused-ring (bicyclic) bond motifs is 1. The van der Waals surface area contributed by atoms with Crippen LogP contribution in [0.25, 0.3) is 10.9 Å². The Labute approximate surface area is 131 Å². The fourth-order valence-electron chi connectivity index (χ4n) is 2.21. The predicted octanol–water partition coefficient (Wildman–Crippen LogP) is 3.59. The Kier molecular flexibility index (Phi) is 3.73. The summed E-state index contributed by atoms with van der Waals surface area (Å²) in [4.78, 5) is 4.02. The number of benzene rings is 2. The van der Waals surface area contributed by atoms with Crippen LogP contribution in [0.4, 0.5) is 8.78 Å². The number of halogens is 2. The first-order valence-electron chi connectivity index (χ1n) is 6.62. The zero-order chi connectivity index (χ0) is 16.6. The molecule has 4 nitrogen and oxygen atoms in total. The van der Waals surface area contributed by atoms with Gasteiger partial charge in [-0.1, -0.05) is 6.07 Å². The highest BCUT2D eigenvalue weighted by molar-refractivity contribution is 7.87. The SMILES string of the molecule is Cc1ccc(S(=O)(=O)Oc2ccc(F)cc2F)c2cccnc12. The third-order valence-electron chi connectivity index (χ3n) is 3.29. The third-order valence-corrected chi connectivity index (χ3v) is 4.59. The second-order valence-corrected chi connectivity index (χ2v) is 6.41. The van der Waals surface area contributed by atoms with Gasteiger partial charge in [-0.05, 0) is 42.8 Å². The summed E-state index contributed by atoms with van der Waals surface area (Å²) in [7, 11) is -4.29. The number of aryl methyl sites for hydroxylation is 1. The summed E-state index contributed by atoms with van der Waals surface area (Å²) in [5.41, 5.74) is 1.31. The van der Waals surface area contributed by atoms with E-state index in [0.717, 1.165) is 17.7 Å². The van der Waals surface area contributed by atoms with E-state index < -0.39 is 27.5 Å². The molecular formula is C16H11F2NO3S. The van der Waals surface area contributed by atoms with E-state index >= 15 is 0 Å². The summed E-state index contributed by atoms with van der Waals surface area (Å²) < 4.78 is 56.3. The van der Waals surface area contributed by atoms with Gasteiger partial charge in [0, 0.05) is 17.6 Å². The number of hydrogen-bond donors (Lipinski definition) is 0. The largest absolute Gasteiger partial charge is 0.376 e. The number of aromatic nitrogens is 1. The summed E-state index contributed by atoms with van der Waals surface area (Å²) >= 11 is 0. The van der Waals surface area contributed by atoms with Gasteiger partial charge >= 0.3 is 10.1 Å². The lowest BCUT2D eigenvalue weighted by Gasteiger charge is -2.11. The Morgan fingerprint density at radius 2 is 1.87 bits per heavy atom. The molecular weight excluding hydrogens is 324 g/mol. The van der Waals surface area contributed by atoms with Gasteiger partial charge < -0.3 is 4.18 Å². The minimum atomic E-state index is -4.29. The van der Waals surface area contributed by atoms with Gasteiger partial charge in [0.1, 0.15) is 10.7 Å². The van der Waals surface area contributed by atoms with Crippen molar-refractivity contribution in [1.82, 2.24) is 4.98 Å². The average Bonchev–Trinajstić information content (AvgIpc) is 2.50. The first-order chi connectivity index (χ1) is 10.9. The fourth-order valence-corrected chi connectivity index (χ4v) is 3.34. The smallest absolute Gasteiger partial charge is 0.339 e. The summed E-state index contributed by atoms with van der Waals surface area (Å²) in [6, 6.07) is 8.55. The molecule has 0 N–H and O–H groups in total. The van der Waals surface area contributed by atoms with Crippen LogP contribution in [0.5, 0.6) is 5.75 Å². The van der Waals surface area contributed by atoms with Gasteiger partial charge in [0.15, 0.2) is 11.6 Å². The molecule has 3 rings (SSSR count). The molecule has 0 atom stereocenters. The molecule has 0 radical (unpaired) electrons. The molecule has 0 saturated heterocycles. The van der Waals surface area contributed by atoms with Crippen LogP contribution in [0.2, 0.25) is 0 Å². The number of pyridine rings is 1. The van der Waals surface area contributed by atoms with Crippen molar-refractivity contribution in [2.24, 2.45) is 0 Å². The molecule has 118 valence electrons. The molecule has 1 aromatic heterocycles. The quantitative estimate of drug-likeness (QED) is 0.687. The Morgan fingerprint density at radius 1 is 1.09 bits per heavy atom. The minimum Gasteiger partial charge on any atom is -0.376 e. The molecule has 0 bridgehead atoms. The van der Waals surface area contributed by atoms with Gasteiger partial charge in [0.05, 0.1) is 5.52 Å². The standard InChI is InChI=1S/C16H11F2NO3S/c1-10-4-7-15(12-3-2-8-19-16(10)12)23(20,21)22-14-6-5-11(17)9-13(14)18/h2-9H,1H3. The van der Waals surface area contributed by atoms with Crippen LogP contribution < -0.4 is 4.18 Å². The molecule has 0 unspecified atom stereocenters. The highest BCUT2D eigenvalue weighted by Crippen LogP contribution is 2.28. The molecule has 7 heteroatoms. The highest BCUT2D eigenvalue weighted by atomic mass is 32.2. The zero-order valence-electron chi connectivity index (χ0n) is 12.0. The van der Waals surface area contributed by atoms with Crippen molar-refractivity contribution in [3.63, 3.8) is 0 Å². The van der Waals surface area contributed by atoms with Crippen LogP contribution in [0.15, 0.2) is 53.6 Å². The molecule has 0 aliphatic heterocycles. The second-order valence-electron chi connectivity index (χ2n) is 4.89. The van der Waals surface area contributed by atoms with Crippen LogP contribution in [-0.4, -0.2) is 13.4 Å². The lowest BCUT2D eigenvalue weighted by atomic mass is 10.1. The van der Waals surface area contributed by atoms with Gasteiger partial charge in [-0.25, -0.2) is 8.78 Å². The molecule has 23 heavy (non-hydrogen) atoms. The normalized spacial score (nSPS) is 11.6. The summed E-state index contributed by atoms with van der Waals surface area (Å²) in [5, 5.41) is 0.370. The van der Waals surface area contributed by atoms with E-state index in [1.165, 1.54) is 6.07 Å². The maximum absolute atomic E-state index is 13.6. The van der Waals surface area contributed by atoms with Crippen LogP contribution >= 0.6 is 0 Å². The van der Waals surface area contributed by atoms with E-state index in [2.05, 4.69) is 4.98 Å². The predicted molar refractivity (Wildman–Crippen MR) is 80.7 cm³/mol. The Balaban J connectivity index is 2.12. The maximum atomic E-state index is 13.6. The molecule has 0 amide bonds. The molecule has 0 saturated carbocycles. The lowest BCUT2D eigenvalue weighted by Crippen LogP contribution is -2.11. The van der Waals surface area contributed by atoms with Crippen molar-refractivity contribution >= 4 is 21.0 Å². The topological polar surface area (TPSA) is 56.3 Å². The van der Waals surface area contributed by atoms with Crippen molar-refractivity contribution in [3.8, 4) is 5.75 Å². The van der Waals surface area contributed by atoms with E-state index in [4.69, 9.17) is 4.18 Å². The van der Waals surface area contributed by atoms with Gasteiger partial charge in [0.2, 0.25) is 0 Å². The minimum absolute atomic E-state index is 0.130. The van der Waals surface area contributed by atoms with Crippen molar-refractivity contribution in [1.29, 1.82) is 0 Å². The zero-order valence-corrected chi connectivity index (χ0v) is 12.8. The van der Waals surface area contributed by atoms with Crippen LogP contribution in [0, 0.1) is 18.6 Å². The van der Waals surface area contributed by atoms with E-state index in [-0.39, 0.29) is 4.90 Å². The molecule has 2 aromatic carbocycles. The van der Waals surface area contributed by atoms with E-state index in [1.54, 1.807) is 31.3 Å². The van der Waals surface area contributed by atoms with Gasteiger partial charge in [-0.2, -0.15) is 8.42 Å². The lowest BCUT2D eigenvalue weighted by molar-refractivity contribution is 0.458. The summed E-state index contributed by atoms with van der Waals surface area (Å²) in [5.74, 6) is -2.48. The van der Waals surface area contributed by atoms with Gasteiger partial charge in [-0.3, -0.25) is 4.98 Å². The van der Waals surface area contributed by atoms with E-state index in [1.807, 2.05) is 0 Å². The first kappa shape index (κ1) is 15.4. The van der Waals surface area contributed by atoms with Crippen LogP contribution in [0.1, 0.15) is 5.56 Å². The monoisotopic (exact) mass is 335 g/mol. The van der Waals surface area contributed by atoms with E-state index in [9.17, 15) is 17.2 Å². The van der Waals surface area contributed by atoms with Crippen molar-refractivity contribution < 1.29 is 21.4 Å². The highest BCUT2D eigenvalue weighted by Gasteiger charge is 2.22. The molecule has 0 aliphatic rings. The van der Waals surface area contributed by atoms with Crippen molar-refractivity contribution in [2.45, 2.75) is 11.8 Å². The molecule has 0 spiro atoms. The molecule has 0 fully saturated rings. The summed E-state index contributed by atoms with van der Waals surface area (Å²) in [6.45, 7) is 1.80. The summed E-state index contributed by atoms with van der Waals surface area (Å²) in [6.07, 6.45) is 1.55. The second kappa shape index (κ2) is 5.58. The van der Waals surface area contributed by atoms with Crippen molar-refractivity contribution in [3.05, 3.63) is 65.9 Å². The van der Waals surface area contributed by atoms with Crippen LogP contribution in [0.3, 0.4) is 0 Å². The first-order valence-corrected chi connectivity index (χ1v) is 8.03. The maximum Gasteiger partial charge on any atom is 0.339 e. The molecule has 3 aromatic rings. The van der Waals surface area contributed by atoms with Gasteiger partial charge in [0.25, 0.3) is 0 Å². The van der Waals surface area contributed by atoms with E-state index in [0.29, 0.717) is 17.0 Å². The number of rotatable bonds is 3. The van der Waals surface area contributed by atoms with Crippen molar-refractivity contribution in [2.75, 3.05) is 0 Å². The fraction of sp³-hybridized carbons (Fsp3) is 0.0625. The number of hydrogen-bond acceptors (Lipinski definition) is 4. The van der Waals surface area contributed by atoms with Crippen LogP contribution in [-0.2, 0) is 10.1 Å². The Bertz CT molecular complexity index is 1000. The third kappa shape index (κ3) is 2.87. The van der Waals surface area contributed by atoms with Gasteiger partial charge in [-0.15, -0.1) is 0 Å². The molecule has 1 heterocycles.